The van der Waals surface area contributed by atoms with Crippen molar-refractivity contribution in [3.8, 4) is 0 Å². The summed E-state index contributed by atoms with van der Waals surface area (Å²) in [6.07, 6.45) is -1.67. The number of rotatable bonds is 2. The lowest BCUT2D eigenvalue weighted by atomic mass is 9.89. The summed E-state index contributed by atoms with van der Waals surface area (Å²) < 4.78 is 40.0. The average Bonchev–Trinajstić information content (AvgIpc) is 2.77. The van der Waals surface area contributed by atoms with Crippen LogP contribution in [0, 0.1) is 0 Å². The number of piperidine rings is 1. The number of hydrogen-bond donors (Lipinski definition) is 1. The van der Waals surface area contributed by atoms with E-state index in [-0.39, 0.29) is 18.4 Å². The zero-order valence-electron chi connectivity index (χ0n) is 10.5. The molecule has 3 nitrogen and oxygen atoms in total. The number of halogens is 3. The maximum atomic E-state index is 12.7. The Bertz CT molecular complexity index is 398. The molecule has 1 aromatic heterocycles. The van der Waals surface area contributed by atoms with Gasteiger partial charge in [-0.05, 0) is 39.3 Å². The van der Waals surface area contributed by atoms with Crippen LogP contribution in [-0.4, -0.2) is 28.5 Å². The highest BCUT2D eigenvalue weighted by Crippen LogP contribution is 2.34. The van der Waals surface area contributed by atoms with Crippen LogP contribution in [0.2, 0.25) is 0 Å². The summed E-state index contributed by atoms with van der Waals surface area (Å²) in [7, 11) is 0. The van der Waals surface area contributed by atoms with Gasteiger partial charge in [-0.15, -0.1) is 0 Å². The van der Waals surface area contributed by atoms with Crippen LogP contribution in [0.15, 0.2) is 12.3 Å². The molecule has 1 fully saturated rings. The highest BCUT2D eigenvalue weighted by atomic mass is 19.4. The fourth-order valence-electron chi connectivity index (χ4n) is 2.51. The SMILES string of the molecule is CC(C)n1nccc1C1CCNC(C(F)(F)F)C1. The minimum absolute atomic E-state index is 0.0669. The van der Waals surface area contributed by atoms with Gasteiger partial charge in [0.1, 0.15) is 6.04 Å². The highest BCUT2D eigenvalue weighted by Gasteiger charge is 2.43. The van der Waals surface area contributed by atoms with Crippen molar-refractivity contribution in [2.45, 2.75) is 50.9 Å². The van der Waals surface area contributed by atoms with Gasteiger partial charge in [-0.1, -0.05) is 0 Å². The van der Waals surface area contributed by atoms with Gasteiger partial charge in [-0.25, -0.2) is 0 Å². The Morgan fingerprint density at radius 3 is 2.78 bits per heavy atom. The largest absolute Gasteiger partial charge is 0.403 e. The van der Waals surface area contributed by atoms with Crippen LogP contribution in [-0.2, 0) is 0 Å². The number of hydrogen-bond acceptors (Lipinski definition) is 2. The van der Waals surface area contributed by atoms with Crippen LogP contribution < -0.4 is 5.32 Å². The molecule has 1 aromatic rings. The highest BCUT2D eigenvalue weighted by molar-refractivity contribution is 5.11. The average molecular weight is 261 g/mol. The molecule has 18 heavy (non-hydrogen) atoms. The Morgan fingerprint density at radius 2 is 2.17 bits per heavy atom. The molecule has 0 aliphatic carbocycles. The molecule has 1 saturated heterocycles. The van der Waals surface area contributed by atoms with E-state index in [0.29, 0.717) is 6.54 Å². The molecule has 1 aliphatic rings. The Hall–Kier alpha value is -1.04. The first-order valence-corrected chi connectivity index (χ1v) is 6.23. The number of nitrogens with zero attached hydrogens (tertiary/aromatic N) is 2. The molecule has 0 saturated carbocycles. The summed E-state index contributed by atoms with van der Waals surface area (Å²) in [6.45, 7) is 4.37. The minimum atomic E-state index is -4.17. The van der Waals surface area contributed by atoms with Crippen LogP contribution >= 0.6 is 0 Å². The smallest absolute Gasteiger partial charge is 0.306 e. The summed E-state index contributed by atoms with van der Waals surface area (Å²) in [5, 5.41) is 6.74. The maximum Gasteiger partial charge on any atom is 0.403 e. The molecule has 0 spiro atoms. The first-order valence-electron chi connectivity index (χ1n) is 6.23. The lowest BCUT2D eigenvalue weighted by molar-refractivity contribution is -0.161. The van der Waals surface area contributed by atoms with Crippen molar-refractivity contribution in [2.24, 2.45) is 0 Å². The normalized spacial score (nSPS) is 25.7. The van der Waals surface area contributed by atoms with Gasteiger partial charge in [-0.3, -0.25) is 4.68 Å². The van der Waals surface area contributed by atoms with Gasteiger partial charge in [0.15, 0.2) is 0 Å². The second kappa shape index (κ2) is 4.91. The van der Waals surface area contributed by atoms with Gasteiger partial charge < -0.3 is 5.32 Å². The number of alkyl halides is 3. The standard InChI is InChI=1S/C12H18F3N3/c1-8(2)18-10(4-6-17-18)9-3-5-16-11(7-9)12(13,14)15/h4,6,8-9,11,16H,3,5,7H2,1-2H3. The van der Waals surface area contributed by atoms with Crippen LogP contribution in [0.4, 0.5) is 13.2 Å². The van der Waals surface area contributed by atoms with Gasteiger partial charge in [0.2, 0.25) is 0 Å². The van der Waals surface area contributed by atoms with Crippen molar-refractivity contribution in [3.63, 3.8) is 0 Å². The van der Waals surface area contributed by atoms with E-state index in [1.54, 1.807) is 6.20 Å². The summed E-state index contributed by atoms with van der Waals surface area (Å²) in [6, 6.07) is 0.615. The van der Waals surface area contributed by atoms with Gasteiger partial charge in [0.05, 0.1) is 0 Å². The minimum Gasteiger partial charge on any atom is -0.306 e. The molecule has 0 aromatic carbocycles. The molecule has 2 rings (SSSR count). The lowest BCUT2D eigenvalue weighted by Crippen LogP contribution is -2.47. The van der Waals surface area contributed by atoms with Crippen LogP contribution in [0.1, 0.15) is 44.3 Å². The third kappa shape index (κ3) is 2.68. The quantitative estimate of drug-likeness (QED) is 0.887. The van der Waals surface area contributed by atoms with E-state index in [1.807, 2.05) is 24.6 Å². The molecule has 0 bridgehead atoms. The Balaban J connectivity index is 2.16. The van der Waals surface area contributed by atoms with Crippen LogP contribution in [0.25, 0.3) is 0 Å². The second-order valence-corrected chi connectivity index (χ2v) is 5.06. The molecule has 1 N–H and O–H groups in total. The second-order valence-electron chi connectivity index (χ2n) is 5.06. The summed E-state index contributed by atoms with van der Waals surface area (Å²) in [5.41, 5.74) is 0.917. The fraction of sp³-hybridized carbons (Fsp3) is 0.750. The third-order valence-corrected chi connectivity index (χ3v) is 3.41. The molecule has 0 radical (unpaired) electrons. The molecule has 2 unspecified atom stereocenters. The summed E-state index contributed by atoms with van der Waals surface area (Å²) >= 11 is 0. The predicted octanol–water partition coefficient (Wildman–Crippen LogP) is 2.86. The van der Waals surface area contributed by atoms with E-state index in [2.05, 4.69) is 10.4 Å². The van der Waals surface area contributed by atoms with Gasteiger partial charge >= 0.3 is 6.18 Å². The van der Waals surface area contributed by atoms with Crippen molar-refractivity contribution in [1.29, 1.82) is 0 Å². The number of nitrogens with one attached hydrogen (secondary N) is 1. The monoisotopic (exact) mass is 261 g/mol. The van der Waals surface area contributed by atoms with Gasteiger partial charge in [-0.2, -0.15) is 18.3 Å². The Labute approximate surface area is 104 Å². The summed E-state index contributed by atoms with van der Waals surface area (Å²) in [4.78, 5) is 0. The van der Waals surface area contributed by atoms with Crippen molar-refractivity contribution < 1.29 is 13.2 Å². The molecular formula is C12H18F3N3. The van der Waals surface area contributed by atoms with E-state index in [1.165, 1.54) is 0 Å². The molecule has 2 atom stereocenters. The van der Waals surface area contributed by atoms with E-state index in [9.17, 15) is 13.2 Å². The van der Waals surface area contributed by atoms with Crippen molar-refractivity contribution >= 4 is 0 Å². The lowest BCUT2D eigenvalue weighted by Gasteiger charge is -2.32. The molecule has 0 amide bonds. The van der Waals surface area contributed by atoms with E-state index < -0.39 is 12.2 Å². The zero-order valence-corrected chi connectivity index (χ0v) is 10.5. The first kappa shape index (κ1) is 13.4. The van der Waals surface area contributed by atoms with E-state index in [4.69, 9.17) is 0 Å². The predicted molar refractivity (Wildman–Crippen MR) is 62.4 cm³/mol. The maximum absolute atomic E-state index is 12.7. The Morgan fingerprint density at radius 1 is 1.44 bits per heavy atom. The van der Waals surface area contributed by atoms with Crippen molar-refractivity contribution in [1.82, 2.24) is 15.1 Å². The topological polar surface area (TPSA) is 29.9 Å². The molecule has 6 heteroatoms. The zero-order chi connectivity index (χ0) is 13.3. The van der Waals surface area contributed by atoms with Crippen LogP contribution in [0.5, 0.6) is 0 Å². The summed E-state index contributed by atoms with van der Waals surface area (Å²) in [5.74, 6) is -0.0669. The molecule has 1 aliphatic heterocycles. The van der Waals surface area contributed by atoms with Crippen molar-refractivity contribution in [2.75, 3.05) is 6.54 Å². The third-order valence-electron chi connectivity index (χ3n) is 3.41. The first-order chi connectivity index (χ1) is 8.39. The van der Waals surface area contributed by atoms with Crippen molar-refractivity contribution in [3.05, 3.63) is 18.0 Å². The Kier molecular flexibility index (Phi) is 3.66. The molecular weight excluding hydrogens is 243 g/mol. The van der Waals surface area contributed by atoms with E-state index >= 15 is 0 Å². The molecule has 2 heterocycles. The fourth-order valence-corrected chi connectivity index (χ4v) is 2.51. The van der Waals surface area contributed by atoms with E-state index in [0.717, 1.165) is 12.1 Å². The molecule has 102 valence electrons. The van der Waals surface area contributed by atoms with Gasteiger partial charge in [0.25, 0.3) is 0 Å². The number of aromatic nitrogens is 2. The van der Waals surface area contributed by atoms with Gasteiger partial charge in [0, 0.05) is 23.9 Å². The van der Waals surface area contributed by atoms with Crippen LogP contribution in [0.3, 0.4) is 0 Å².